The average molecular weight is 251 g/mol. The lowest BCUT2D eigenvalue weighted by Gasteiger charge is -2.31. The maximum Gasteiger partial charge on any atom is 0.374 e. The first kappa shape index (κ1) is 12.7. The number of carbonyl (C=O) groups is 1. The van der Waals surface area contributed by atoms with Crippen molar-refractivity contribution in [2.75, 3.05) is 32.7 Å². The molecule has 0 aliphatic carbocycles. The Labute approximate surface area is 91.6 Å². The third kappa shape index (κ3) is 3.33. The van der Waals surface area contributed by atoms with Gasteiger partial charge < -0.3 is 4.90 Å². The predicted molar refractivity (Wildman–Crippen MR) is 52.2 cm³/mol. The van der Waals surface area contributed by atoms with Gasteiger partial charge in [0.25, 0.3) is 0 Å². The van der Waals surface area contributed by atoms with E-state index < -0.39 is 16.3 Å². The highest BCUT2D eigenvalue weighted by molar-refractivity contribution is 7.83. The largest absolute Gasteiger partial charge is 0.374 e. The summed E-state index contributed by atoms with van der Waals surface area (Å²) in [6.07, 6.45) is 0. The number of piperazine rings is 1. The van der Waals surface area contributed by atoms with Crippen LogP contribution in [0.2, 0.25) is 0 Å². The number of carbonyl (C=O) groups excluding carboxylic acids is 1. The fourth-order valence-electron chi connectivity index (χ4n) is 1.35. The Morgan fingerprint density at radius 2 is 1.94 bits per heavy atom. The quantitative estimate of drug-likeness (QED) is 0.296. The lowest BCUT2D eigenvalue weighted by Crippen LogP contribution is -2.50. The van der Waals surface area contributed by atoms with Gasteiger partial charge in [-0.3, -0.25) is 4.79 Å². The molecule has 10 heteroatoms. The Hall–Kier alpha value is -1.38. The maximum absolute atomic E-state index is 12.5. The first-order valence-electron chi connectivity index (χ1n) is 4.43. The standard InChI is InChI=1S/C6H10FN5O3S/c7-16(14,15)12-3-1-11(2-4-12)6(13)5-9-10-8/h1-5H2. The van der Waals surface area contributed by atoms with E-state index in [9.17, 15) is 17.1 Å². The van der Waals surface area contributed by atoms with Crippen molar-refractivity contribution in [1.29, 1.82) is 0 Å². The molecule has 1 aliphatic heterocycles. The SMILES string of the molecule is [N-]=[N+]=NCC(=O)N1CCN(S(=O)(=O)F)CC1. The third-order valence-corrected chi connectivity index (χ3v) is 3.15. The summed E-state index contributed by atoms with van der Waals surface area (Å²) in [5, 5.41) is 3.10. The average Bonchev–Trinajstić information content (AvgIpc) is 2.25. The Morgan fingerprint density at radius 3 is 2.38 bits per heavy atom. The molecule has 0 N–H and O–H groups in total. The van der Waals surface area contributed by atoms with E-state index in [0.29, 0.717) is 4.31 Å². The minimum atomic E-state index is -4.68. The molecule has 0 spiro atoms. The monoisotopic (exact) mass is 251 g/mol. The number of azide groups is 1. The number of rotatable bonds is 3. The van der Waals surface area contributed by atoms with E-state index in [-0.39, 0.29) is 32.7 Å². The first-order valence-corrected chi connectivity index (χ1v) is 5.77. The fourth-order valence-corrected chi connectivity index (χ4v) is 1.95. The molecule has 1 saturated heterocycles. The van der Waals surface area contributed by atoms with Gasteiger partial charge in [0.15, 0.2) is 0 Å². The van der Waals surface area contributed by atoms with Crippen molar-refractivity contribution in [2.24, 2.45) is 5.11 Å². The lowest BCUT2D eigenvalue weighted by atomic mass is 10.3. The predicted octanol–water partition coefficient (Wildman–Crippen LogP) is -0.345. The minimum Gasteiger partial charge on any atom is -0.340 e. The van der Waals surface area contributed by atoms with Crippen molar-refractivity contribution in [3.05, 3.63) is 10.4 Å². The summed E-state index contributed by atoms with van der Waals surface area (Å²) >= 11 is 0. The van der Waals surface area contributed by atoms with E-state index in [2.05, 4.69) is 10.0 Å². The molecule has 0 atom stereocenters. The second-order valence-electron chi connectivity index (χ2n) is 3.11. The van der Waals surface area contributed by atoms with Crippen molar-refractivity contribution in [2.45, 2.75) is 0 Å². The fraction of sp³-hybridized carbons (Fsp3) is 0.833. The topological polar surface area (TPSA) is 106 Å². The minimum absolute atomic E-state index is 0.0825. The van der Waals surface area contributed by atoms with Crippen LogP contribution >= 0.6 is 0 Å². The van der Waals surface area contributed by atoms with Crippen molar-refractivity contribution in [1.82, 2.24) is 9.21 Å². The van der Waals surface area contributed by atoms with Crippen LogP contribution in [0.1, 0.15) is 0 Å². The second-order valence-corrected chi connectivity index (χ2v) is 4.45. The lowest BCUT2D eigenvalue weighted by molar-refractivity contribution is -0.130. The summed E-state index contributed by atoms with van der Waals surface area (Å²) in [7, 11) is -4.68. The molecule has 1 amide bonds. The summed E-state index contributed by atoms with van der Waals surface area (Å²) in [4.78, 5) is 15.1. The molecule has 8 nitrogen and oxygen atoms in total. The molecule has 0 unspecified atom stereocenters. The van der Waals surface area contributed by atoms with Crippen LogP contribution < -0.4 is 0 Å². The number of hydrogen-bond donors (Lipinski definition) is 0. The zero-order valence-electron chi connectivity index (χ0n) is 8.28. The zero-order valence-corrected chi connectivity index (χ0v) is 9.10. The Kier molecular flexibility index (Phi) is 4.05. The molecule has 0 aromatic carbocycles. The summed E-state index contributed by atoms with van der Waals surface area (Å²) < 4.78 is 34.2. The molecule has 1 heterocycles. The van der Waals surface area contributed by atoms with Gasteiger partial charge in [-0.05, 0) is 5.53 Å². The summed E-state index contributed by atoms with van der Waals surface area (Å²) in [5.74, 6) is -0.395. The molecule has 1 rings (SSSR count). The molecule has 0 aromatic heterocycles. The highest BCUT2D eigenvalue weighted by atomic mass is 32.3. The van der Waals surface area contributed by atoms with Crippen molar-refractivity contribution in [3.8, 4) is 0 Å². The zero-order chi connectivity index (χ0) is 12.2. The van der Waals surface area contributed by atoms with E-state index in [1.165, 1.54) is 4.90 Å². The molecule has 90 valence electrons. The molecule has 0 aromatic rings. The van der Waals surface area contributed by atoms with Gasteiger partial charge in [0.1, 0.15) is 6.54 Å². The van der Waals surface area contributed by atoms with E-state index in [1.807, 2.05) is 0 Å². The van der Waals surface area contributed by atoms with Gasteiger partial charge in [0.05, 0.1) is 0 Å². The van der Waals surface area contributed by atoms with Crippen molar-refractivity contribution >= 4 is 16.3 Å². The van der Waals surface area contributed by atoms with Gasteiger partial charge in [-0.25, -0.2) is 0 Å². The highest BCUT2D eigenvalue weighted by Crippen LogP contribution is 2.08. The summed E-state index contributed by atoms with van der Waals surface area (Å²) in [6.45, 7) is -0.271. The van der Waals surface area contributed by atoms with E-state index >= 15 is 0 Å². The number of halogens is 1. The van der Waals surface area contributed by atoms with Crippen LogP contribution in [0.25, 0.3) is 10.4 Å². The molecule has 16 heavy (non-hydrogen) atoms. The third-order valence-electron chi connectivity index (χ3n) is 2.17. The van der Waals surface area contributed by atoms with Crippen LogP contribution in [0.5, 0.6) is 0 Å². The van der Waals surface area contributed by atoms with Crippen LogP contribution in [0.15, 0.2) is 5.11 Å². The number of amides is 1. The highest BCUT2D eigenvalue weighted by Gasteiger charge is 2.27. The number of nitrogens with zero attached hydrogens (tertiary/aromatic N) is 5. The molecule has 1 fully saturated rings. The van der Waals surface area contributed by atoms with Gasteiger partial charge >= 0.3 is 10.4 Å². The van der Waals surface area contributed by atoms with Gasteiger partial charge in [-0.15, -0.1) is 0 Å². The molecule has 1 aliphatic rings. The second kappa shape index (κ2) is 5.10. The van der Waals surface area contributed by atoms with Gasteiger partial charge in [-0.1, -0.05) is 9.00 Å². The van der Waals surface area contributed by atoms with Crippen LogP contribution in [-0.4, -0.2) is 56.3 Å². The molecular weight excluding hydrogens is 241 g/mol. The molecule has 0 radical (unpaired) electrons. The maximum atomic E-state index is 12.5. The van der Waals surface area contributed by atoms with E-state index in [0.717, 1.165) is 0 Å². The Balaban J connectivity index is 2.49. The molecular formula is C6H10FN5O3S. The Bertz CT molecular complexity index is 410. The van der Waals surface area contributed by atoms with Crippen LogP contribution in [-0.2, 0) is 15.2 Å². The van der Waals surface area contributed by atoms with E-state index in [1.54, 1.807) is 0 Å². The summed E-state index contributed by atoms with van der Waals surface area (Å²) in [5.41, 5.74) is 8.01. The normalized spacial score (nSPS) is 17.9. The summed E-state index contributed by atoms with van der Waals surface area (Å²) in [6, 6.07) is 0. The van der Waals surface area contributed by atoms with Gasteiger partial charge in [0, 0.05) is 31.1 Å². The van der Waals surface area contributed by atoms with Crippen molar-refractivity contribution in [3.63, 3.8) is 0 Å². The number of hydrogen-bond acceptors (Lipinski definition) is 4. The van der Waals surface area contributed by atoms with Gasteiger partial charge in [-0.2, -0.15) is 12.7 Å². The smallest absolute Gasteiger partial charge is 0.340 e. The molecule has 0 bridgehead atoms. The van der Waals surface area contributed by atoms with Gasteiger partial charge in [0.2, 0.25) is 5.91 Å². The van der Waals surface area contributed by atoms with Crippen LogP contribution in [0.3, 0.4) is 0 Å². The van der Waals surface area contributed by atoms with E-state index in [4.69, 9.17) is 5.53 Å². The first-order chi connectivity index (χ1) is 7.45. The van der Waals surface area contributed by atoms with Crippen LogP contribution in [0, 0.1) is 0 Å². The van der Waals surface area contributed by atoms with Crippen LogP contribution in [0.4, 0.5) is 3.89 Å². The Morgan fingerprint density at radius 1 is 1.38 bits per heavy atom. The molecule has 0 saturated carbocycles. The van der Waals surface area contributed by atoms with Crippen molar-refractivity contribution < 1.29 is 17.1 Å².